The fourth-order valence-electron chi connectivity index (χ4n) is 7.87. The predicted octanol–water partition coefficient (Wildman–Crippen LogP) is 10.3. The molecule has 7 nitrogen and oxygen atoms in total. The van der Waals surface area contributed by atoms with Crippen molar-refractivity contribution in [1.82, 2.24) is 0 Å². The number of benzene rings is 6. The molecule has 0 aliphatic carbocycles. The minimum absolute atomic E-state index is 0.0896. The van der Waals surface area contributed by atoms with Crippen molar-refractivity contribution >= 4 is 11.6 Å². The van der Waals surface area contributed by atoms with Crippen LogP contribution in [0.4, 0.5) is 0 Å². The number of halogens is 1. The van der Waals surface area contributed by atoms with Crippen molar-refractivity contribution in [2.24, 2.45) is 0 Å². The summed E-state index contributed by atoms with van der Waals surface area (Å²) in [7, 11) is 0. The van der Waals surface area contributed by atoms with E-state index >= 15 is 0 Å². The van der Waals surface area contributed by atoms with Crippen LogP contribution in [0.25, 0.3) is 0 Å². The maximum atomic E-state index is 7.43. The average Bonchev–Trinajstić information content (AvgIpc) is 3.62. The van der Waals surface area contributed by atoms with Crippen LogP contribution >= 0.6 is 11.6 Å². The van der Waals surface area contributed by atoms with Gasteiger partial charge in [-0.2, -0.15) is 0 Å². The second kappa shape index (κ2) is 18.8. The molecular weight excluding hydrogens is 748 g/mol. The van der Waals surface area contributed by atoms with Gasteiger partial charge >= 0.3 is 0 Å². The summed E-state index contributed by atoms with van der Waals surface area (Å²) >= 11 is 6.97. The van der Waals surface area contributed by atoms with Crippen molar-refractivity contribution in [2.75, 3.05) is 19.8 Å². The van der Waals surface area contributed by atoms with E-state index in [2.05, 4.69) is 42.5 Å². The molecule has 298 valence electrons. The SMILES string of the molecule is CCOc1ccc(Cc2cc(C34COC(COCc5ccccc5)(O3)[C@H](OCc3ccccc3)[C@H](OCc3ccccc3)[C@H]4OCc3ccccc3)ccc2Cl)cc1. The zero-order chi connectivity index (χ0) is 39.6. The van der Waals surface area contributed by atoms with Gasteiger partial charge in [0.2, 0.25) is 5.79 Å². The second-order valence-electron chi connectivity index (χ2n) is 14.8. The smallest absolute Gasteiger partial charge is 0.222 e. The summed E-state index contributed by atoms with van der Waals surface area (Å²) in [6.45, 7) is 4.15. The molecule has 0 spiro atoms. The Labute approximate surface area is 346 Å². The highest BCUT2D eigenvalue weighted by molar-refractivity contribution is 6.31. The first-order valence-electron chi connectivity index (χ1n) is 20.0. The summed E-state index contributed by atoms with van der Waals surface area (Å²) in [5.74, 6) is -0.523. The number of ether oxygens (including phenoxy) is 7. The van der Waals surface area contributed by atoms with Crippen molar-refractivity contribution in [3.63, 3.8) is 0 Å². The first kappa shape index (κ1) is 40.0. The largest absolute Gasteiger partial charge is 0.494 e. The fourth-order valence-corrected chi connectivity index (χ4v) is 8.06. The van der Waals surface area contributed by atoms with Crippen molar-refractivity contribution < 1.29 is 33.2 Å². The van der Waals surface area contributed by atoms with Crippen LogP contribution in [0.5, 0.6) is 5.75 Å². The molecule has 6 aromatic rings. The molecule has 0 amide bonds. The molecule has 0 radical (unpaired) electrons. The van der Waals surface area contributed by atoms with Gasteiger partial charge in [-0.25, -0.2) is 0 Å². The van der Waals surface area contributed by atoms with E-state index in [1.54, 1.807) is 0 Å². The summed E-state index contributed by atoms with van der Waals surface area (Å²) in [5.41, 5.74) is 5.90. The van der Waals surface area contributed by atoms with Crippen LogP contribution in [-0.2, 0) is 66.9 Å². The third kappa shape index (κ3) is 9.22. The molecule has 2 heterocycles. The molecule has 58 heavy (non-hydrogen) atoms. The topological polar surface area (TPSA) is 64.6 Å². The third-order valence-electron chi connectivity index (χ3n) is 10.8. The highest BCUT2D eigenvalue weighted by Gasteiger charge is 2.69. The summed E-state index contributed by atoms with van der Waals surface area (Å²) in [4.78, 5) is 0. The Hall–Kier alpha value is -4.83. The lowest BCUT2D eigenvalue weighted by atomic mass is 9.80. The van der Waals surface area contributed by atoms with Crippen molar-refractivity contribution in [3.05, 3.63) is 208 Å². The monoisotopic (exact) mass is 796 g/mol. The first-order chi connectivity index (χ1) is 28.5. The van der Waals surface area contributed by atoms with Crippen LogP contribution in [0, 0.1) is 0 Å². The lowest BCUT2D eigenvalue weighted by Gasteiger charge is -2.51. The van der Waals surface area contributed by atoms with Gasteiger partial charge in [0, 0.05) is 5.02 Å². The molecule has 2 bridgehead atoms. The van der Waals surface area contributed by atoms with E-state index in [0.29, 0.717) is 44.5 Å². The van der Waals surface area contributed by atoms with Crippen LogP contribution in [0.15, 0.2) is 164 Å². The van der Waals surface area contributed by atoms with E-state index in [9.17, 15) is 0 Å². The van der Waals surface area contributed by atoms with Crippen LogP contribution in [-0.4, -0.2) is 43.9 Å². The van der Waals surface area contributed by atoms with Gasteiger partial charge in [-0.3, -0.25) is 0 Å². The van der Waals surface area contributed by atoms with Gasteiger partial charge in [0.15, 0.2) is 0 Å². The normalized spacial score (nSPS) is 22.5. The van der Waals surface area contributed by atoms with E-state index in [1.165, 1.54) is 0 Å². The molecule has 2 saturated heterocycles. The minimum atomic E-state index is -1.35. The molecular formula is C50H49ClO7. The van der Waals surface area contributed by atoms with E-state index in [0.717, 1.165) is 44.7 Å². The van der Waals surface area contributed by atoms with Crippen molar-refractivity contribution in [3.8, 4) is 5.75 Å². The molecule has 2 aliphatic rings. The molecule has 5 atom stereocenters. The molecule has 8 heteroatoms. The average molecular weight is 797 g/mol. The van der Waals surface area contributed by atoms with E-state index in [-0.39, 0.29) is 13.2 Å². The minimum Gasteiger partial charge on any atom is -0.494 e. The Morgan fingerprint density at radius 1 is 0.586 bits per heavy atom. The molecule has 8 rings (SSSR count). The van der Waals surface area contributed by atoms with Crippen LogP contribution in [0.2, 0.25) is 5.02 Å². The summed E-state index contributed by atoms with van der Waals surface area (Å²) in [6, 6.07) is 54.7. The van der Waals surface area contributed by atoms with Gasteiger partial charge in [-0.05, 0) is 70.5 Å². The fraction of sp³-hybridized carbons (Fsp3) is 0.280. The van der Waals surface area contributed by atoms with Crippen molar-refractivity contribution in [2.45, 2.75) is 69.5 Å². The molecule has 0 saturated carbocycles. The number of fused-ring (bicyclic) bond motifs is 2. The quantitative estimate of drug-likeness (QED) is 0.0858. The van der Waals surface area contributed by atoms with Crippen LogP contribution in [0.3, 0.4) is 0 Å². The predicted molar refractivity (Wildman–Crippen MR) is 224 cm³/mol. The highest BCUT2D eigenvalue weighted by atomic mass is 35.5. The zero-order valence-electron chi connectivity index (χ0n) is 32.7. The molecule has 2 unspecified atom stereocenters. The Morgan fingerprint density at radius 3 is 1.69 bits per heavy atom. The first-order valence-corrected chi connectivity index (χ1v) is 20.3. The van der Waals surface area contributed by atoms with Gasteiger partial charge in [0.05, 0.1) is 39.6 Å². The highest BCUT2D eigenvalue weighted by Crippen LogP contribution is 2.53. The van der Waals surface area contributed by atoms with Gasteiger partial charge in [0.25, 0.3) is 0 Å². The second-order valence-corrected chi connectivity index (χ2v) is 15.2. The van der Waals surface area contributed by atoms with Gasteiger partial charge in [-0.1, -0.05) is 157 Å². The zero-order valence-corrected chi connectivity index (χ0v) is 33.5. The Bertz CT molecular complexity index is 2170. The maximum absolute atomic E-state index is 7.43. The maximum Gasteiger partial charge on any atom is 0.222 e. The van der Waals surface area contributed by atoms with Gasteiger partial charge in [0.1, 0.15) is 36.3 Å². The summed E-state index contributed by atoms with van der Waals surface area (Å²) in [6.07, 6.45) is -1.48. The molecule has 0 N–H and O–H groups in total. The summed E-state index contributed by atoms with van der Waals surface area (Å²) < 4.78 is 47.7. The van der Waals surface area contributed by atoms with Gasteiger partial charge in [-0.15, -0.1) is 0 Å². The van der Waals surface area contributed by atoms with Crippen molar-refractivity contribution in [1.29, 1.82) is 0 Å². The molecule has 0 aromatic heterocycles. The molecule has 2 fully saturated rings. The molecule has 6 aromatic carbocycles. The Balaban J connectivity index is 1.21. The number of hydrogen-bond acceptors (Lipinski definition) is 7. The van der Waals surface area contributed by atoms with E-state index in [4.69, 9.17) is 44.8 Å². The lowest BCUT2D eigenvalue weighted by molar-refractivity contribution is -0.356. The van der Waals surface area contributed by atoms with Crippen LogP contribution in [0.1, 0.15) is 45.9 Å². The van der Waals surface area contributed by atoms with Crippen LogP contribution < -0.4 is 4.74 Å². The number of rotatable bonds is 18. The Kier molecular flexibility index (Phi) is 13.0. The standard InChI is InChI=1S/C50H49ClO7/c1-2-53-44-26-23-37(24-27-44)29-42-30-43(25-28-45(42)51)49-35-57-50(58-49,36-52-31-38-15-7-3-8-16-38)48(56-34-41-21-13-6-14-22-41)46(54-32-39-17-9-4-10-18-39)47(49)55-33-40-19-11-5-12-20-40/h3-28,30,46-48H,2,29,31-36H2,1H3/t46-,47-,48-,49?,50?/m1/s1. The third-order valence-corrected chi connectivity index (χ3v) is 11.2. The van der Waals surface area contributed by atoms with E-state index < -0.39 is 29.7 Å². The van der Waals surface area contributed by atoms with Gasteiger partial charge < -0.3 is 33.2 Å². The van der Waals surface area contributed by atoms with E-state index in [1.807, 2.05) is 128 Å². The molecule has 2 aliphatic heterocycles. The number of hydrogen-bond donors (Lipinski definition) is 0. The lowest BCUT2D eigenvalue weighted by Crippen LogP contribution is -2.67. The summed E-state index contributed by atoms with van der Waals surface area (Å²) in [5, 5.41) is 0.656. The Morgan fingerprint density at radius 2 is 1.12 bits per heavy atom.